The summed E-state index contributed by atoms with van der Waals surface area (Å²) in [6.07, 6.45) is -2.00. The Bertz CT molecular complexity index is 1110. The van der Waals surface area contributed by atoms with Gasteiger partial charge in [0, 0.05) is 30.2 Å². The molecule has 0 aliphatic heterocycles. The van der Waals surface area contributed by atoms with Gasteiger partial charge in [0.05, 0.1) is 5.60 Å². The van der Waals surface area contributed by atoms with E-state index in [-0.39, 0.29) is 18.2 Å². The van der Waals surface area contributed by atoms with Gasteiger partial charge in [-0.15, -0.1) is 0 Å². The van der Waals surface area contributed by atoms with Crippen LogP contribution in [0.4, 0.5) is 24.8 Å². The number of pyridine rings is 1. The molecule has 0 unspecified atom stereocenters. The number of carbonyl (C=O) groups excluding carboxylic acids is 1. The lowest BCUT2D eigenvalue weighted by atomic mass is 10.0. The van der Waals surface area contributed by atoms with E-state index in [0.717, 1.165) is 23.4 Å². The fourth-order valence-corrected chi connectivity index (χ4v) is 2.81. The maximum Gasteiger partial charge on any atom is 0.433 e. The third kappa shape index (κ3) is 6.24. The lowest BCUT2D eigenvalue weighted by Gasteiger charge is -2.17. The number of alkyl halides is 3. The van der Waals surface area contributed by atoms with Gasteiger partial charge in [-0.05, 0) is 56.2 Å². The van der Waals surface area contributed by atoms with E-state index in [1.54, 1.807) is 38.1 Å². The number of halogens is 3. The quantitative estimate of drug-likeness (QED) is 0.528. The van der Waals surface area contributed by atoms with E-state index in [0.29, 0.717) is 11.3 Å². The van der Waals surface area contributed by atoms with E-state index >= 15 is 0 Å². The molecule has 32 heavy (non-hydrogen) atoms. The lowest BCUT2D eigenvalue weighted by Crippen LogP contribution is -2.38. The van der Waals surface area contributed by atoms with Crippen LogP contribution >= 0.6 is 0 Å². The summed E-state index contributed by atoms with van der Waals surface area (Å²) in [6, 6.07) is 9.42. The summed E-state index contributed by atoms with van der Waals surface area (Å²) < 4.78 is 38.7. The van der Waals surface area contributed by atoms with Crippen molar-refractivity contribution in [3.63, 3.8) is 0 Å². The lowest BCUT2D eigenvalue weighted by molar-refractivity contribution is -0.141. The van der Waals surface area contributed by atoms with E-state index in [4.69, 9.17) is 0 Å². The van der Waals surface area contributed by atoms with Crippen molar-refractivity contribution in [1.29, 1.82) is 0 Å². The van der Waals surface area contributed by atoms with Crippen molar-refractivity contribution in [2.45, 2.75) is 32.5 Å². The molecule has 0 radical (unpaired) electrons. The maximum atomic E-state index is 12.9. The van der Waals surface area contributed by atoms with E-state index < -0.39 is 23.4 Å². The Kier molecular flexibility index (Phi) is 6.45. The number of nitrogens with zero attached hydrogens (tertiary/aromatic N) is 3. The molecule has 1 amide bonds. The summed E-state index contributed by atoms with van der Waals surface area (Å²) in [5, 5.41) is 15.1. The summed E-state index contributed by atoms with van der Waals surface area (Å²) in [7, 11) is 0. The predicted octanol–water partition coefficient (Wildman–Crippen LogP) is 4.11. The Labute approximate surface area is 182 Å². The van der Waals surface area contributed by atoms with Gasteiger partial charge in [0.1, 0.15) is 11.4 Å². The van der Waals surface area contributed by atoms with Crippen LogP contribution in [-0.2, 0) is 6.18 Å². The molecule has 0 saturated heterocycles. The molecule has 0 aliphatic rings. The largest absolute Gasteiger partial charge is 0.433 e. The van der Waals surface area contributed by atoms with Crippen LogP contribution in [0.2, 0.25) is 0 Å². The molecule has 0 aliphatic carbocycles. The standard InChI is InChI=1S/C22H22F3N5O2/c1-13-8-15(14-4-5-17(27-11-14)19(31)28-12-21(2,3)32)10-16(9-13)29-20-26-7-6-18(30-20)22(23,24)25/h4-11,32H,12H2,1-3H3,(H,28,31)(H,26,29,30). The van der Waals surface area contributed by atoms with Crippen molar-refractivity contribution in [2.75, 3.05) is 11.9 Å². The van der Waals surface area contributed by atoms with Gasteiger partial charge in [-0.3, -0.25) is 9.78 Å². The van der Waals surface area contributed by atoms with Gasteiger partial charge in [-0.1, -0.05) is 12.1 Å². The third-order valence-electron chi connectivity index (χ3n) is 4.29. The minimum absolute atomic E-state index is 0.0831. The second-order valence-electron chi connectivity index (χ2n) is 7.90. The average molecular weight is 445 g/mol. The predicted molar refractivity (Wildman–Crippen MR) is 113 cm³/mol. The van der Waals surface area contributed by atoms with Crippen LogP contribution in [0.3, 0.4) is 0 Å². The molecule has 2 heterocycles. The number of benzene rings is 1. The van der Waals surface area contributed by atoms with Gasteiger partial charge in [-0.25, -0.2) is 9.97 Å². The molecular weight excluding hydrogens is 423 g/mol. The Morgan fingerprint density at radius 2 is 1.81 bits per heavy atom. The van der Waals surface area contributed by atoms with E-state index in [9.17, 15) is 23.1 Å². The molecule has 3 N–H and O–H groups in total. The summed E-state index contributed by atoms with van der Waals surface area (Å²) in [6.45, 7) is 5.09. The molecule has 3 rings (SSSR count). The molecular formula is C22H22F3N5O2. The number of rotatable bonds is 6. The molecule has 10 heteroatoms. The minimum Gasteiger partial charge on any atom is -0.389 e. The highest BCUT2D eigenvalue weighted by Crippen LogP contribution is 2.29. The van der Waals surface area contributed by atoms with Gasteiger partial charge in [-0.2, -0.15) is 13.2 Å². The van der Waals surface area contributed by atoms with E-state index in [1.807, 2.05) is 13.0 Å². The molecule has 0 spiro atoms. The van der Waals surface area contributed by atoms with E-state index in [2.05, 4.69) is 25.6 Å². The van der Waals surface area contributed by atoms with Crippen LogP contribution in [0, 0.1) is 6.92 Å². The number of nitrogens with one attached hydrogen (secondary N) is 2. The van der Waals surface area contributed by atoms with Gasteiger partial charge in [0.15, 0.2) is 0 Å². The molecule has 7 nitrogen and oxygen atoms in total. The fourth-order valence-electron chi connectivity index (χ4n) is 2.81. The number of aryl methyl sites for hydroxylation is 1. The fraction of sp³-hybridized carbons (Fsp3) is 0.273. The molecule has 0 saturated carbocycles. The smallest absolute Gasteiger partial charge is 0.389 e. The number of amides is 1. The first kappa shape index (κ1) is 23.1. The summed E-state index contributed by atoms with van der Waals surface area (Å²) in [5.41, 5.74) is 0.933. The Morgan fingerprint density at radius 3 is 2.44 bits per heavy atom. The number of aliphatic hydroxyl groups is 1. The van der Waals surface area contributed by atoms with E-state index in [1.165, 1.54) is 6.20 Å². The van der Waals surface area contributed by atoms with Crippen LogP contribution in [0.1, 0.15) is 35.6 Å². The second-order valence-corrected chi connectivity index (χ2v) is 7.90. The zero-order valence-corrected chi connectivity index (χ0v) is 17.7. The van der Waals surface area contributed by atoms with Gasteiger partial charge < -0.3 is 15.7 Å². The topological polar surface area (TPSA) is 100 Å². The SMILES string of the molecule is Cc1cc(Nc2nccc(C(F)(F)F)n2)cc(-c2ccc(C(=O)NCC(C)(C)O)nc2)c1. The number of hydrogen-bond donors (Lipinski definition) is 3. The first-order chi connectivity index (χ1) is 14.9. The van der Waals surface area contributed by atoms with Crippen molar-refractivity contribution in [3.8, 4) is 11.1 Å². The highest BCUT2D eigenvalue weighted by atomic mass is 19.4. The van der Waals surface area contributed by atoms with Crippen molar-refractivity contribution in [1.82, 2.24) is 20.3 Å². The third-order valence-corrected chi connectivity index (χ3v) is 4.29. The monoisotopic (exact) mass is 445 g/mol. The second kappa shape index (κ2) is 8.91. The number of carbonyl (C=O) groups is 1. The van der Waals surface area contributed by atoms with Crippen LogP contribution < -0.4 is 10.6 Å². The molecule has 3 aromatic rings. The Balaban J connectivity index is 1.79. The average Bonchev–Trinajstić information content (AvgIpc) is 2.71. The van der Waals surface area contributed by atoms with Gasteiger partial charge in [0.25, 0.3) is 5.91 Å². The van der Waals surface area contributed by atoms with Gasteiger partial charge in [0.2, 0.25) is 5.95 Å². The van der Waals surface area contributed by atoms with Crippen molar-refractivity contribution < 1.29 is 23.1 Å². The first-order valence-corrected chi connectivity index (χ1v) is 9.67. The van der Waals surface area contributed by atoms with Crippen LogP contribution in [0.15, 0.2) is 48.8 Å². The molecule has 2 aromatic heterocycles. The Hall–Kier alpha value is -3.53. The molecule has 1 aromatic carbocycles. The number of anilines is 2. The summed E-state index contributed by atoms with van der Waals surface area (Å²) in [5.74, 6) is -0.583. The van der Waals surface area contributed by atoms with Crippen molar-refractivity contribution in [3.05, 3.63) is 65.7 Å². The normalized spacial score (nSPS) is 11.8. The zero-order chi connectivity index (χ0) is 23.5. The Morgan fingerprint density at radius 1 is 1.06 bits per heavy atom. The van der Waals surface area contributed by atoms with Crippen LogP contribution in [0.25, 0.3) is 11.1 Å². The molecule has 168 valence electrons. The van der Waals surface area contributed by atoms with Crippen molar-refractivity contribution >= 4 is 17.5 Å². The highest BCUT2D eigenvalue weighted by Gasteiger charge is 2.32. The summed E-state index contributed by atoms with van der Waals surface area (Å²) in [4.78, 5) is 23.7. The molecule has 0 bridgehead atoms. The van der Waals surface area contributed by atoms with Crippen LogP contribution in [0.5, 0.6) is 0 Å². The van der Waals surface area contributed by atoms with Crippen LogP contribution in [-0.4, -0.2) is 38.1 Å². The number of aromatic nitrogens is 3. The summed E-state index contributed by atoms with van der Waals surface area (Å²) >= 11 is 0. The highest BCUT2D eigenvalue weighted by molar-refractivity contribution is 5.92. The molecule has 0 atom stereocenters. The molecule has 0 fully saturated rings. The number of hydrogen-bond acceptors (Lipinski definition) is 6. The first-order valence-electron chi connectivity index (χ1n) is 9.67. The van der Waals surface area contributed by atoms with Gasteiger partial charge >= 0.3 is 6.18 Å². The minimum atomic E-state index is -4.57. The zero-order valence-electron chi connectivity index (χ0n) is 17.7. The van der Waals surface area contributed by atoms with Crippen molar-refractivity contribution in [2.24, 2.45) is 0 Å². The maximum absolute atomic E-state index is 12.9.